The predicted octanol–water partition coefficient (Wildman–Crippen LogP) is 4.55. The van der Waals surface area contributed by atoms with Crippen molar-refractivity contribution in [3.8, 4) is 11.5 Å². The maximum absolute atomic E-state index is 13.8. The summed E-state index contributed by atoms with van der Waals surface area (Å²) < 4.78 is 37.4. The van der Waals surface area contributed by atoms with E-state index in [-0.39, 0.29) is 15.3 Å². The van der Waals surface area contributed by atoms with Gasteiger partial charge in [-0.3, -0.25) is 0 Å². The third-order valence-corrected chi connectivity index (χ3v) is 3.72. The highest BCUT2D eigenvalue weighted by atomic mass is 79.9. The third-order valence-electron chi connectivity index (χ3n) is 2.89. The minimum absolute atomic E-state index is 0.0457. The van der Waals surface area contributed by atoms with Gasteiger partial charge in [0.2, 0.25) is 0 Å². The lowest BCUT2D eigenvalue weighted by molar-refractivity contribution is 0.355. The molecule has 23 heavy (non-hydrogen) atoms. The van der Waals surface area contributed by atoms with Gasteiger partial charge in [-0.1, -0.05) is 0 Å². The van der Waals surface area contributed by atoms with Gasteiger partial charge in [0.25, 0.3) is 0 Å². The summed E-state index contributed by atoms with van der Waals surface area (Å²) in [6.07, 6.45) is 0. The number of nitrogens with one attached hydrogen (secondary N) is 2. The summed E-state index contributed by atoms with van der Waals surface area (Å²) in [7, 11) is 3.05. The summed E-state index contributed by atoms with van der Waals surface area (Å²) in [4.78, 5) is 0. The molecule has 0 saturated heterocycles. The molecule has 4 nitrogen and oxygen atoms in total. The van der Waals surface area contributed by atoms with E-state index in [1.807, 2.05) is 0 Å². The third kappa shape index (κ3) is 4.29. The molecule has 0 spiro atoms. The van der Waals surface area contributed by atoms with E-state index in [4.69, 9.17) is 21.7 Å². The van der Waals surface area contributed by atoms with Gasteiger partial charge in [-0.05, 0) is 46.3 Å². The first-order valence-corrected chi connectivity index (χ1v) is 7.59. The lowest BCUT2D eigenvalue weighted by Gasteiger charge is -2.14. The van der Waals surface area contributed by atoms with E-state index in [1.165, 1.54) is 14.2 Å². The van der Waals surface area contributed by atoms with Crippen LogP contribution in [0.15, 0.2) is 34.8 Å². The minimum Gasteiger partial charge on any atom is -0.493 e. The lowest BCUT2D eigenvalue weighted by Crippen LogP contribution is -2.20. The van der Waals surface area contributed by atoms with Crippen molar-refractivity contribution >= 4 is 44.6 Å². The first-order chi connectivity index (χ1) is 10.9. The van der Waals surface area contributed by atoms with Gasteiger partial charge >= 0.3 is 0 Å². The van der Waals surface area contributed by atoms with Crippen LogP contribution in [0.25, 0.3) is 0 Å². The van der Waals surface area contributed by atoms with Crippen molar-refractivity contribution in [1.29, 1.82) is 0 Å². The number of thiocarbonyl (C=S) groups is 1. The summed E-state index contributed by atoms with van der Waals surface area (Å²) in [5.74, 6) is -0.342. The lowest BCUT2D eigenvalue weighted by atomic mass is 10.2. The van der Waals surface area contributed by atoms with Crippen molar-refractivity contribution in [2.75, 3.05) is 24.9 Å². The molecule has 0 atom stereocenters. The molecule has 0 aliphatic rings. The molecule has 8 heteroatoms. The number of halogens is 3. The van der Waals surface area contributed by atoms with Gasteiger partial charge < -0.3 is 20.1 Å². The number of anilines is 2. The molecule has 0 bridgehead atoms. The number of hydrogen-bond acceptors (Lipinski definition) is 3. The molecule has 0 fully saturated rings. The maximum Gasteiger partial charge on any atom is 0.175 e. The van der Waals surface area contributed by atoms with Crippen LogP contribution in [-0.2, 0) is 0 Å². The first kappa shape index (κ1) is 17.4. The van der Waals surface area contributed by atoms with E-state index < -0.39 is 11.6 Å². The zero-order chi connectivity index (χ0) is 17.0. The van der Waals surface area contributed by atoms with Crippen LogP contribution in [0.2, 0.25) is 0 Å². The Morgan fingerprint density at radius 2 is 1.74 bits per heavy atom. The van der Waals surface area contributed by atoms with Crippen LogP contribution in [0.5, 0.6) is 11.5 Å². The van der Waals surface area contributed by atoms with E-state index in [0.717, 1.165) is 12.1 Å². The fourth-order valence-electron chi connectivity index (χ4n) is 1.85. The monoisotopic (exact) mass is 402 g/mol. The molecule has 0 amide bonds. The van der Waals surface area contributed by atoms with Crippen molar-refractivity contribution in [1.82, 2.24) is 0 Å². The topological polar surface area (TPSA) is 42.5 Å². The van der Waals surface area contributed by atoms with Gasteiger partial charge in [0.05, 0.1) is 19.9 Å². The van der Waals surface area contributed by atoms with Crippen molar-refractivity contribution < 1.29 is 18.3 Å². The molecule has 0 heterocycles. The highest BCUT2D eigenvalue weighted by Gasteiger charge is 2.12. The average Bonchev–Trinajstić information content (AvgIpc) is 2.50. The van der Waals surface area contributed by atoms with Crippen LogP contribution < -0.4 is 20.1 Å². The smallest absolute Gasteiger partial charge is 0.175 e. The summed E-state index contributed by atoms with van der Waals surface area (Å²) >= 11 is 8.22. The Morgan fingerprint density at radius 3 is 2.35 bits per heavy atom. The second kappa shape index (κ2) is 7.56. The zero-order valence-corrected chi connectivity index (χ0v) is 14.6. The molecule has 0 radical (unpaired) electrons. The van der Waals surface area contributed by atoms with Crippen molar-refractivity contribution in [2.24, 2.45) is 0 Å². The van der Waals surface area contributed by atoms with Crippen molar-refractivity contribution in [2.45, 2.75) is 0 Å². The quantitative estimate of drug-likeness (QED) is 0.734. The second-order valence-electron chi connectivity index (χ2n) is 4.39. The Labute approximate surface area is 145 Å². The van der Waals surface area contributed by atoms with Crippen LogP contribution in [0, 0.1) is 11.6 Å². The van der Waals surface area contributed by atoms with Gasteiger partial charge in [-0.25, -0.2) is 8.78 Å². The zero-order valence-electron chi connectivity index (χ0n) is 12.2. The summed E-state index contributed by atoms with van der Waals surface area (Å²) in [5.41, 5.74) is 0.670. The molecule has 0 saturated carbocycles. The largest absolute Gasteiger partial charge is 0.493 e. The van der Waals surface area contributed by atoms with Gasteiger partial charge in [-0.15, -0.1) is 0 Å². The average molecular weight is 403 g/mol. The molecule has 2 aromatic rings. The summed E-state index contributed by atoms with van der Waals surface area (Å²) in [6.45, 7) is 0. The number of methoxy groups -OCH3 is 2. The van der Waals surface area contributed by atoms with E-state index in [9.17, 15) is 8.78 Å². The normalized spacial score (nSPS) is 10.1. The van der Waals surface area contributed by atoms with E-state index in [2.05, 4.69) is 26.6 Å². The number of benzene rings is 2. The van der Waals surface area contributed by atoms with Crippen molar-refractivity contribution in [3.05, 3.63) is 46.4 Å². The standard InChI is InChI=1S/C15H13BrF2N2O2S/c1-21-12-4-3-9(7-13(12)22-2)19-15(23)20-14-10(16)5-8(17)6-11(14)18/h3-7H,1-2H3,(H2,19,20,23). The predicted molar refractivity (Wildman–Crippen MR) is 93.4 cm³/mol. The van der Waals surface area contributed by atoms with Gasteiger partial charge in [0, 0.05) is 22.3 Å². The van der Waals surface area contributed by atoms with Crippen LogP contribution >= 0.6 is 28.1 Å². The van der Waals surface area contributed by atoms with Crippen LogP contribution in [0.3, 0.4) is 0 Å². The molecule has 0 unspecified atom stereocenters. The summed E-state index contributed by atoms with van der Waals surface area (Å²) in [5, 5.41) is 5.71. The molecule has 0 aliphatic carbocycles. The molecule has 2 N–H and O–H groups in total. The van der Waals surface area contributed by atoms with Gasteiger partial charge in [0.1, 0.15) is 5.82 Å². The van der Waals surface area contributed by atoms with Crippen LogP contribution in [-0.4, -0.2) is 19.3 Å². The molecule has 2 aromatic carbocycles. The van der Waals surface area contributed by atoms with E-state index >= 15 is 0 Å². The van der Waals surface area contributed by atoms with E-state index in [0.29, 0.717) is 17.2 Å². The Hall–Kier alpha value is -1.93. The molecule has 0 aliphatic heterocycles. The molecule has 2 rings (SSSR count). The second-order valence-corrected chi connectivity index (χ2v) is 5.66. The Morgan fingerprint density at radius 1 is 1.04 bits per heavy atom. The number of rotatable bonds is 4. The fraction of sp³-hybridized carbons (Fsp3) is 0.133. The van der Waals surface area contributed by atoms with Gasteiger partial charge in [-0.2, -0.15) is 0 Å². The Kier molecular flexibility index (Phi) is 5.73. The Balaban J connectivity index is 2.14. The van der Waals surface area contributed by atoms with Crippen LogP contribution in [0.1, 0.15) is 0 Å². The number of hydrogen-bond donors (Lipinski definition) is 2. The maximum atomic E-state index is 13.8. The summed E-state index contributed by atoms with van der Waals surface area (Å²) in [6, 6.07) is 7.03. The van der Waals surface area contributed by atoms with Gasteiger partial charge in [0.15, 0.2) is 22.4 Å². The highest BCUT2D eigenvalue weighted by Crippen LogP contribution is 2.30. The SMILES string of the molecule is COc1ccc(NC(=S)Nc2c(F)cc(F)cc2Br)cc1OC. The molecule has 0 aromatic heterocycles. The first-order valence-electron chi connectivity index (χ1n) is 6.39. The molecule has 122 valence electrons. The van der Waals surface area contributed by atoms with Crippen LogP contribution in [0.4, 0.5) is 20.2 Å². The molecular weight excluding hydrogens is 390 g/mol. The van der Waals surface area contributed by atoms with E-state index in [1.54, 1.807) is 18.2 Å². The highest BCUT2D eigenvalue weighted by molar-refractivity contribution is 9.10. The molecular formula is C15H13BrF2N2O2S. The van der Waals surface area contributed by atoms with Crippen molar-refractivity contribution in [3.63, 3.8) is 0 Å². The number of ether oxygens (including phenoxy) is 2. The minimum atomic E-state index is -0.756. The Bertz CT molecular complexity index is 720. The fourth-order valence-corrected chi connectivity index (χ4v) is 2.58.